The van der Waals surface area contributed by atoms with E-state index in [0.29, 0.717) is 5.75 Å². The number of hydrogen-bond donors (Lipinski definition) is 0. The summed E-state index contributed by atoms with van der Waals surface area (Å²) in [6, 6.07) is 16.6. The van der Waals surface area contributed by atoms with Gasteiger partial charge in [-0.3, -0.25) is 10.1 Å². The molecule has 31 heavy (non-hydrogen) atoms. The molecular weight excluding hydrogens is 422 g/mol. The molecule has 0 amide bonds. The highest BCUT2D eigenvalue weighted by molar-refractivity contribution is 7.91. The van der Waals surface area contributed by atoms with Crippen LogP contribution in [0.5, 0.6) is 11.5 Å². The summed E-state index contributed by atoms with van der Waals surface area (Å²) in [5.41, 5.74) is -0.227. The zero-order valence-corrected chi connectivity index (χ0v) is 17.5. The van der Waals surface area contributed by atoms with E-state index < -0.39 is 20.7 Å². The molecule has 0 bridgehead atoms. The van der Waals surface area contributed by atoms with Gasteiger partial charge in [-0.25, -0.2) is 13.2 Å². The van der Waals surface area contributed by atoms with Crippen molar-refractivity contribution >= 4 is 21.5 Å². The SMILES string of the molecule is CC(C)Oc1ccc(S(=O)(=O)c2ccc(OC(=O)c3cccc([N+](=O)[O-])c3)cc2)cc1. The molecule has 0 radical (unpaired) electrons. The molecule has 0 unspecified atom stereocenters. The largest absolute Gasteiger partial charge is 0.491 e. The van der Waals surface area contributed by atoms with Crippen molar-refractivity contribution in [1.82, 2.24) is 0 Å². The van der Waals surface area contributed by atoms with Crippen molar-refractivity contribution in [1.29, 1.82) is 0 Å². The Bertz CT molecular complexity index is 1200. The fourth-order valence-electron chi connectivity index (χ4n) is 2.70. The maximum absolute atomic E-state index is 12.8. The minimum Gasteiger partial charge on any atom is -0.491 e. The predicted octanol–water partition coefficient (Wildman–Crippen LogP) is 4.43. The van der Waals surface area contributed by atoms with Crippen LogP contribution in [0.25, 0.3) is 0 Å². The predicted molar refractivity (Wildman–Crippen MR) is 112 cm³/mol. The summed E-state index contributed by atoms with van der Waals surface area (Å²) >= 11 is 0. The lowest BCUT2D eigenvalue weighted by Crippen LogP contribution is -2.09. The molecule has 0 heterocycles. The first-order chi connectivity index (χ1) is 14.7. The van der Waals surface area contributed by atoms with E-state index in [1.54, 1.807) is 12.1 Å². The average Bonchev–Trinajstić information content (AvgIpc) is 2.74. The number of hydrogen-bond acceptors (Lipinski definition) is 7. The summed E-state index contributed by atoms with van der Waals surface area (Å²) < 4.78 is 36.3. The van der Waals surface area contributed by atoms with Gasteiger partial charge in [0.05, 0.1) is 26.4 Å². The quantitative estimate of drug-likeness (QED) is 0.231. The van der Waals surface area contributed by atoms with Crippen LogP contribution in [-0.2, 0) is 9.84 Å². The number of carbonyl (C=O) groups excluding carboxylic acids is 1. The van der Waals surface area contributed by atoms with Gasteiger partial charge in [0.2, 0.25) is 9.84 Å². The van der Waals surface area contributed by atoms with Gasteiger partial charge >= 0.3 is 5.97 Å². The van der Waals surface area contributed by atoms with Crippen molar-refractivity contribution in [2.45, 2.75) is 29.7 Å². The van der Waals surface area contributed by atoms with E-state index in [4.69, 9.17) is 9.47 Å². The third kappa shape index (κ3) is 5.26. The fourth-order valence-corrected chi connectivity index (χ4v) is 3.97. The topological polar surface area (TPSA) is 113 Å². The molecule has 160 valence electrons. The zero-order chi connectivity index (χ0) is 22.6. The Balaban J connectivity index is 1.75. The Morgan fingerprint density at radius 3 is 1.97 bits per heavy atom. The number of nitro groups is 1. The summed E-state index contributed by atoms with van der Waals surface area (Å²) in [4.78, 5) is 22.6. The third-order valence-corrected chi connectivity index (χ3v) is 5.93. The Hall–Kier alpha value is -3.72. The Morgan fingerprint density at radius 1 is 0.903 bits per heavy atom. The van der Waals surface area contributed by atoms with E-state index in [1.807, 2.05) is 13.8 Å². The van der Waals surface area contributed by atoms with Crippen LogP contribution >= 0.6 is 0 Å². The number of carbonyl (C=O) groups is 1. The van der Waals surface area contributed by atoms with Crippen molar-refractivity contribution in [2.24, 2.45) is 0 Å². The van der Waals surface area contributed by atoms with Gasteiger partial charge in [-0.05, 0) is 68.4 Å². The molecule has 0 aromatic heterocycles. The second-order valence-corrected chi connectivity index (χ2v) is 8.76. The molecule has 0 saturated heterocycles. The molecule has 0 aliphatic rings. The molecule has 3 aromatic carbocycles. The van der Waals surface area contributed by atoms with Gasteiger partial charge in [0.15, 0.2) is 0 Å². The highest BCUT2D eigenvalue weighted by atomic mass is 32.2. The van der Waals surface area contributed by atoms with E-state index in [9.17, 15) is 23.3 Å². The molecular formula is C22H19NO7S. The van der Waals surface area contributed by atoms with Gasteiger partial charge in [0, 0.05) is 12.1 Å². The highest BCUT2D eigenvalue weighted by Crippen LogP contribution is 2.25. The molecule has 0 fully saturated rings. The number of rotatable bonds is 7. The van der Waals surface area contributed by atoms with Crippen LogP contribution in [-0.4, -0.2) is 25.4 Å². The normalized spacial score (nSPS) is 11.2. The summed E-state index contributed by atoms with van der Waals surface area (Å²) in [5.74, 6) is -0.117. The maximum Gasteiger partial charge on any atom is 0.343 e. The summed E-state index contributed by atoms with van der Waals surface area (Å²) in [6.45, 7) is 3.75. The molecule has 0 aliphatic heterocycles. The van der Waals surface area contributed by atoms with Gasteiger partial charge in [0.25, 0.3) is 5.69 Å². The van der Waals surface area contributed by atoms with Crippen LogP contribution in [0.2, 0.25) is 0 Å². The van der Waals surface area contributed by atoms with Crippen molar-refractivity contribution in [2.75, 3.05) is 0 Å². The Kier molecular flexibility index (Phi) is 6.36. The number of benzene rings is 3. The molecule has 8 nitrogen and oxygen atoms in total. The maximum atomic E-state index is 12.8. The Morgan fingerprint density at radius 2 is 1.45 bits per heavy atom. The van der Waals surface area contributed by atoms with Gasteiger partial charge in [0.1, 0.15) is 11.5 Å². The highest BCUT2D eigenvalue weighted by Gasteiger charge is 2.19. The van der Waals surface area contributed by atoms with Crippen LogP contribution in [0.15, 0.2) is 82.6 Å². The lowest BCUT2D eigenvalue weighted by atomic mass is 10.2. The van der Waals surface area contributed by atoms with E-state index in [1.165, 1.54) is 54.6 Å². The number of ether oxygens (including phenoxy) is 2. The van der Waals surface area contributed by atoms with Crippen LogP contribution in [0.1, 0.15) is 24.2 Å². The molecule has 0 atom stereocenters. The van der Waals surface area contributed by atoms with Crippen LogP contribution in [0, 0.1) is 10.1 Å². The number of esters is 1. The molecule has 0 N–H and O–H groups in total. The van der Waals surface area contributed by atoms with E-state index in [2.05, 4.69) is 0 Å². The fraction of sp³-hybridized carbons (Fsp3) is 0.136. The molecule has 9 heteroatoms. The van der Waals surface area contributed by atoms with Crippen LogP contribution < -0.4 is 9.47 Å². The van der Waals surface area contributed by atoms with Crippen molar-refractivity contribution in [3.05, 3.63) is 88.5 Å². The second-order valence-electron chi connectivity index (χ2n) is 6.81. The van der Waals surface area contributed by atoms with Crippen LogP contribution in [0.3, 0.4) is 0 Å². The van der Waals surface area contributed by atoms with Gasteiger partial charge < -0.3 is 9.47 Å². The molecule has 0 spiro atoms. The number of nitrogens with zero attached hydrogens (tertiary/aromatic N) is 1. The lowest BCUT2D eigenvalue weighted by molar-refractivity contribution is -0.384. The van der Waals surface area contributed by atoms with Crippen molar-refractivity contribution in [3.8, 4) is 11.5 Å². The monoisotopic (exact) mass is 441 g/mol. The average molecular weight is 441 g/mol. The minimum atomic E-state index is -3.77. The van der Waals surface area contributed by atoms with Gasteiger partial charge in [-0.1, -0.05) is 6.07 Å². The molecule has 0 aliphatic carbocycles. The first kappa shape index (κ1) is 22.0. The smallest absolute Gasteiger partial charge is 0.343 e. The molecule has 0 saturated carbocycles. The minimum absolute atomic E-state index is 0.00889. The van der Waals surface area contributed by atoms with Crippen molar-refractivity contribution in [3.63, 3.8) is 0 Å². The third-order valence-electron chi connectivity index (χ3n) is 4.14. The summed E-state index contributed by atoms with van der Waals surface area (Å²) in [7, 11) is -3.77. The first-order valence-electron chi connectivity index (χ1n) is 9.25. The second kappa shape index (κ2) is 8.97. The summed E-state index contributed by atoms with van der Waals surface area (Å²) in [5, 5.41) is 10.8. The number of nitro benzene ring substituents is 1. The number of sulfone groups is 1. The van der Waals surface area contributed by atoms with Crippen molar-refractivity contribution < 1.29 is 27.6 Å². The zero-order valence-electron chi connectivity index (χ0n) is 16.7. The van der Waals surface area contributed by atoms with E-state index >= 15 is 0 Å². The van der Waals surface area contributed by atoms with E-state index in [0.717, 1.165) is 6.07 Å². The summed E-state index contributed by atoms with van der Waals surface area (Å²) in [6.07, 6.45) is -0.0280. The van der Waals surface area contributed by atoms with Crippen LogP contribution in [0.4, 0.5) is 5.69 Å². The van der Waals surface area contributed by atoms with E-state index in [-0.39, 0.29) is 32.9 Å². The first-order valence-corrected chi connectivity index (χ1v) is 10.7. The van der Waals surface area contributed by atoms with Gasteiger partial charge in [-0.2, -0.15) is 0 Å². The number of non-ortho nitro benzene ring substituents is 1. The lowest BCUT2D eigenvalue weighted by Gasteiger charge is -2.11. The molecule has 3 rings (SSSR count). The Labute approximate surface area is 179 Å². The standard InChI is InChI=1S/C22H19NO7S/c1-15(2)29-18-6-10-20(11-7-18)31(27,28)21-12-8-19(9-13-21)30-22(24)16-4-3-5-17(14-16)23(25)26/h3-15H,1-2H3. The molecule has 3 aromatic rings. The van der Waals surface area contributed by atoms with Gasteiger partial charge in [-0.15, -0.1) is 0 Å².